The molecule has 0 aliphatic carbocycles. The lowest BCUT2D eigenvalue weighted by atomic mass is 9.97. The summed E-state index contributed by atoms with van der Waals surface area (Å²) in [5.74, 6) is -1.43. The van der Waals surface area contributed by atoms with Crippen LogP contribution in [-0.2, 0) is 14.8 Å². The minimum Gasteiger partial charge on any atom is -0.354 e. The summed E-state index contributed by atoms with van der Waals surface area (Å²) in [4.78, 5) is 11.5. The Balaban J connectivity index is 4.15. The molecule has 1 atom stereocenters. The van der Waals surface area contributed by atoms with Gasteiger partial charge in [-0.25, -0.2) is 13.1 Å². The molecule has 0 saturated carbocycles. The first-order valence-corrected chi connectivity index (χ1v) is 7.14. The van der Waals surface area contributed by atoms with E-state index in [0.717, 1.165) is 0 Å². The fraction of sp³-hybridized carbons (Fsp3) is 0.800. The van der Waals surface area contributed by atoms with Gasteiger partial charge < -0.3 is 5.32 Å². The Kier molecular flexibility index (Phi) is 6.76. The molecule has 2 N–H and O–H groups in total. The van der Waals surface area contributed by atoms with E-state index < -0.39 is 21.8 Å². The van der Waals surface area contributed by atoms with Gasteiger partial charge >= 0.3 is 0 Å². The van der Waals surface area contributed by atoms with Gasteiger partial charge in [-0.2, -0.15) is 5.26 Å². The molecule has 0 radical (unpaired) electrons. The van der Waals surface area contributed by atoms with Crippen LogP contribution < -0.4 is 10.0 Å². The monoisotopic (exact) mass is 261 g/mol. The fourth-order valence-electron chi connectivity index (χ4n) is 1.22. The molecule has 0 aromatic rings. The van der Waals surface area contributed by atoms with Gasteiger partial charge in [-0.05, 0) is 5.92 Å². The van der Waals surface area contributed by atoms with Crippen molar-refractivity contribution in [2.24, 2.45) is 11.8 Å². The van der Waals surface area contributed by atoms with Crippen LogP contribution >= 0.6 is 0 Å². The number of hydrogen-bond donors (Lipinski definition) is 2. The topological polar surface area (TPSA) is 99.1 Å². The van der Waals surface area contributed by atoms with Gasteiger partial charge in [0.25, 0.3) is 0 Å². The summed E-state index contributed by atoms with van der Waals surface area (Å²) >= 11 is 0. The summed E-state index contributed by atoms with van der Waals surface area (Å²) in [5, 5.41) is 11.2. The maximum atomic E-state index is 11.5. The molecule has 0 aromatic carbocycles. The maximum absolute atomic E-state index is 11.5. The number of hydrogen-bond acceptors (Lipinski definition) is 4. The third kappa shape index (κ3) is 6.24. The van der Waals surface area contributed by atoms with E-state index in [4.69, 9.17) is 5.26 Å². The summed E-state index contributed by atoms with van der Waals surface area (Å²) in [6.45, 7) is 5.55. The first kappa shape index (κ1) is 15.9. The first-order valence-electron chi connectivity index (χ1n) is 5.48. The number of carbonyl (C=O) groups is 1. The fourth-order valence-corrected chi connectivity index (χ4v) is 2.18. The van der Waals surface area contributed by atoms with Gasteiger partial charge in [-0.15, -0.1) is 0 Å². The SMILES string of the molecule is CCNS(=O)(=O)CCNC(=O)C(C#N)C(C)C. The molecular weight excluding hydrogens is 242 g/mol. The Hall–Kier alpha value is -1.13. The Morgan fingerprint density at radius 1 is 1.41 bits per heavy atom. The third-order valence-electron chi connectivity index (χ3n) is 2.12. The van der Waals surface area contributed by atoms with Crippen LogP contribution in [0.5, 0.6) is 0 Å². The number of nitriles is 1. The van der Waals surface area contributed by atoms with Gasteiger partial charge in [0.15, 0.2) is 0 Å². The van der Waals surface area contributed by atoms with Crippen molar-refractivity contribution >= 4 is 15.9 Å². The Bertz CT molecular complexity index is 384. The molecule has 0 spiro atoms. The lowest BCUT2D eigenvalue weighted by Gasteiger charge is -2.13. The van der Waals surface area contributed by atoms with Crippen molar-refractivity contribution in [3.8, 4) is 6.07 Å². The number of sulfonamides is 1. The van der Waals surface area contributed by atoms with E-state index in [1.165, 1.54) is 0 Å². The lowest BCUT2D eigenvalue weighted by Crippen LogP contribution is -2.38. The largest absolute Gasteiger partial charge is 0.354 e. The van der Waals surface area contributed by atoms with Gasteiger partial charge in [0.2, 0.25) is 15.9 Å². The average Bonchev–Trinajstić information content (AvgIpc) is 2.17. The molecule has 0 heterocycles. The number of amides is 1. The van der Waals surface area contributed by atoms with Crippen LogP contribution in [0, 0.1) is 23.2 Å². The van der Waals surface area contributed by atoms with Crippen molar-refractivity contribution in [1.82, 2.24) is 10.0 Å². The second kappa shape index (κ2) is 7.25. The Labute approximate surface area is 102 Å². The third-order valence-corrected chi connectivity index (χ3v) is 3.59. The van der Waals surface area contributed by atoms with Crippen LogP contribution in [-0.4, -0.2) is 33.2 Å². The van der Waals surface area contributed by atoms with E-state index >= 15 is 0 Å². The molecule has 0 saturated heterocycles. The molecule has 6 nitrogen and oxygen atoms in total. The van der Waals surface area contributed by atoms with Gasteiger partial charge in [0, 0.05) is 13.1 Å². The molecular formula is C10H19N3O3S. The summed E-state index contributed by atoms with van der Waals surface area (Å²) in [5.41, 5.74) is 0. The zero-order valence-corrected chi connectivity index (χ0v) is 11.2. The molecule has 7 heteroatoms. The highest BCUT2D eigenvalue weighted by Gasteiger charge is 2.21. The van der Waals surface area contributed by atoms with Crippen molar-refractivity contribution in [3.63, 3.8) is 0 Å². The van der Waals surface area contributed by atoms with Crippen LogP contribution in [0.25, 0.3) is 0 Å². The summed E-state index contributed by atoms with van der Waals surface area (Å²) < 4.78 is 24.8. The quantitative estimate of drug-likeness (QED) is 0.665. The highest BCUT2D eigenvalue weighted by molar-refractivity contribution is 7.89. The second-order valence-corrected chi connectivity index (χ2v) is 5.88. The van der Waals surface area contributed by atoms with Gasteiger partial charge in [-0.1, -0.05) is 20.8 Å². The number of rotatable bonds is 7. The first-order chi connectivity index (χ1) is 7.84. The Morgan fingerprint density at radius 2 is 2.00 bits per heavy atom. The lowest BCUT2D eigenvalue weighted by molar-refractivity contribution is -0.124. The normalized spacial score (nSPS) is 13.1. The zero-order chi connectivity index (χ0) is 13.5. The van der Waals surface area contributed by atoms with Crippen molar-refractivity contribution in [2.45, 2.75) is 20.8 Å². The highest BCUT2D eigenvalue weighted by atomic mass is 32.2. The molecule has 17 heavy (non-hydrogen) atoms. The van der Waals surface area contributed by atoms with Crippen LogP contribution in [0.2, 0.25) is 0 Å². The van der Waals surface area contributed by atoms with Gasteiger partial charge in [0.05, 0.1) is 11.8 Å². The molecule has 0 aliphatic heterocycles. The van der Waals surface area contributed by atoms with Crippen molar-refractivity contribution < 1.29 is 13.2 Å². The predicted octanol–water partition coefficient (Wildman–Crippen LogP) is -0.162. The van der Waals surface area contributed by atoms with E-state index in [1.807, 2.05) is 6.07 Å². The van der Waals surface area contributed by atoms with E-state index in [2.05, 4.69) is 10.0 Å². The standard InChI is InChI=1S/C10H19N3O3S/c1-4-13-17(15,16)6-5-12-10(14)9(7-11)8(2)3/h8-9,13H,4-6H2,1-3H3,(H,12,14). The predicted molar refractivity (Wildman–Crippen MR) is 64.4 cm³/mol. The molecule has 0 aliphatic rings. The van der Waals surface area contributed by atoms with Crippen LogP contribution in [0.3, 0.4) is 0 Å². The van der Waals surface area contributed by atoms with E-state index in [9.17, 15) is 13.2 Å². The highest BCUT2D eigenvalue weighted by Crippen LogP contribution is 2.08. The van der Waals surface area contributed by atoms with Crippen LogP contribution in [0.15, 0.2) is 0 Å². The molecule has 1 unspecified atom stereocenters. The van der Waals surface area contributed by atoms with Gasteiger partial charge in [0.1, 0.15) is 5.92 Å². The number of carbonyl (C=O) groups excluding carboxylic acids is 1. The molecule has 0 rings (SSSR count). The molecule has 98 valence electrons. The average molecular weight is 261 g/mol. The molecule has 0 bridgehead atoms. The van der Waals surface area contributed by atoms with Gasteiger partial charge in [-0.3, -0.25) is 4.79 Å². The summed E-state index contributed by atoms with van der Waals surface area (Å²) in [6.07, 6.45) is 0. The van der Waals surface area contributed by atoms with Crippen molar-refractivity contribution in [2.75, 3.05) is 18.8 Å². The Morgan fingerprint density at radius 3 is 2.41 bits per heavy atom. The smallest absolute Gasteiger partial charge is 0.237 e. The maximum Gasteiger partial charge on any atom is 0.237 e. The van der Waals surface area contributed by atoms with E-state index in [1.54, 1.807) is 20.8 Å². The minimum atomic E-state index is -3.33. The van der Waals surface area contributed by atoms with Crippen LogP contribution in [0.1, 0.15) is 20.8 Å². The summed E-state index contributed by atoms with van der Waals surface area (Å²) in [7, 11) is -3.33. The van der Waals surface area contributed by atoms with Crippen LogP contribution in [0.4, 0.5) is 0 Å². The number of nitrogens with one attached hydrogen (secondary N) is 2. The van der Waals surface area contributed by atoms with E-state index in [-0.39, 0.29) is 18.2 Å². The summed E-state index contributed by atoms with van der Waals surface area (Å²) in [6, 6.07) is 1.90. The molecule has 0 fully saturated rings. The second-order valence-electron chi connectivity index (χ2n) is 3.96. The van der Waals surface area contributed by atoms with E-state index in [0.29, 0.717) is 6.54 Å². The van der Waals surface area contributed by atoms with Crippen molar-refractivity contribution in [1.29, 1.82) is 5.26 Å². The zero-order valence-electron chi connectivity index (χ0n) is 10.4. The minimum absolute atomic E-state index is 0.0130. The van der Waals surface area contributed by atoms with Crippen molar-refractivity contribution in [3.05, 3.63) is 0 Å². The molecule has 0 aromatic heterocycles. The number of nitrogens with zero attached hydrogens (tertiary/aromatic N) is 1. The molecule has 1 amide bonds.